The lowest BCUT2D eigenvalue weighted by Crippen LogP contribution is -2.41. The Hall–Kier alpha value is -1.22. The molecule has 0 aromatic heterocycles. The molecule has 2 rings (SSSR count). The van der Waals surface area contributed by atoms with Crippen molar-refractivity contribution in [3.05, 3.63) is 23.8 Å². The zero-order chi connectivity index (χ0) is 16.7. The molecule has 0 saturated carbocycles. The third kappa shape index (κ3) is 6.01. The maximum Gasteiger partial charge on any atom is 0.193 e. The van der Waals surface area contributed by atoms with Crippen LogP contribution in [0.5, 0.6) is 11.5 Å². The molecule has 7 heteroatoms. The number of nitrogens with one attached hydrogen (secondary N) is 1. The minimum atomic E-state index is 0. The standard InChI is InChI=1S/C17H27N3O3.HI/c1-4-18-17(20(2)11-14-7-8-23-12-14)19-10-13-5-6-16(22-3)15(21)9-13;/h5-6,9,14,21H,4,7-8,10-12H2,1-3H3,(H,18,19);1H. The molecule has 0 radical (unpaired) electrons. The fourth-order valence-corrected chi connectivity index (χ4v) is 2.67. The number of hydrogen-bond donors (Lipinski definition) is 2. The number of ether oxygens (including phenoxy) is 2. The van der Waals surface area contributed by atoms with Crippen LogP contribution in [-0.4, -0.2) is 56.4 Å². The molecule has 24 heavy (non-hydrogen) atoms. The summed E-state index contributed by atoms with van der Waals surface area (Å²) in [6.07, 6.45) is 1.11. The second kappa shape index (κ2) is 10.6. The van der Waals surface area contributed by atoms with E-state index in [-0.39, 0.29) is 29.7 Å². The van der Waals surface area contributed by atoms with Crippen molar-refractivity contribution in [3.63, 3.8) is 0 Å². The number of benzene rings is 1. The Kier molecular flexibility index (Phi) is 9.20. The van der Waals surface area contributed by atoms with Crippen LogP contribution in [0.2, 0.25) is 0 Å². The molecule has 1 atom stereocenters. The molecule has 1 fully saturated rings. The second-order valence-corrected chi connectivity index (χ2v) is 5.79. The lowest BCUT2D eigenvalue weighted by molar-refractivity contribution is 0.181. The molecule has 1 aliphatic rings. The first-order valence-corrected chi connectivity index (χ1v) is 8.07. The molecule has 0 bridgehead atoms. The number of nitrogens with zero attached hydrogens (tertiary/aromatic N) is 2. The van der Waals surface area contributed by atoms with Crippen molar-refractivity contribution in [3.8, 4) is 11.5 Å². The molecule has 136 valence electrons. The van der Waals surface area contributed by atoms with Crippen molar-refractivity contribution in [1.82, 2.24) is 10.2 Å². The Morgan fingerprint density at radius 3 is 2.88 bits per heavy atom. The zero-order valence-electron chi connectivity index (χ0n) is 14.6. The van der Waals surface area contributed by atoms with Crippen LogP contribution in [0.4, 0.5) is 0 Å². The topological polar surface area (TPSA) is 66.3 Å². The number of guanidine groups is 1. The molecule has 6 nitrogen and oxygen atoms in total. The SMILES string of the molecule is CCNC(=NCc1ccc(OC)c(O)c1)N(C)CC1CCOC1.I. The van der Waals surface area contributed by atoms with Crippen LogP contribution in [0.1, 0.15) is 18.9 Å². The van der Waals surface area contributed by atoms with E-state index < -0.39 is 0 Å². The van der Waals surface area contributed by atoms with E-state index in [1.165, 1.54) is 7.11 Å². The smallest absolute Gasteiger partial charge is 0.193 e. The Labute approximate surface area is 161 Å². The Bertz CT molecular complexity index is 534. The molecule has 1 aromatic carbocycles. The first-order valence-electron chi connectivity index (χ1n) is 8.07. The van der Waals surface area contributed by atoms with Crippen molar-refractivity contribution in [2.75, 3.05) is 40.5 Å². The van der Waals surface area contributed by atoms with Crippen LogP contribution in [0.15, 0.2) is 23.2 Å². The first kappa shape index (κ1) is 20.8. The molecule has 1 unspecified atom stereocenters. The van der Waals surface area contributed by atoms with Gasteiger partial charge in [0.2, 0.25) is 0 Å². The van der Waals surface area contributed by atoms with Gasteiger partial charge in [-0.25, -0.2) is 4.99 Å². The van der Waals surface area contributed by atoms with Gasteiger partial charge in [-0.05, 0) is 31.0 Å². The Balaban J connectivity index is 0.00000288. The summed E-state index contributed by atoms with van der Waals surface area (Å²) in [4.78, 5) is 6.81. The number of methoxy groups -OCH3 is 1. The second-order valence-electron chi connectivity index (χ2n) is 5.79. The molecule has 0 aliphatic carbocycles. The van der Waals surface area contributed by atoms with Gasteiger partial charge < -0.3 is 24.8 Å². The quantitative estimate of drug-likeness (QED) is 0.397. The highest BCUT2D eigenvalue weighted by atomic mass is 127. The molecule has 0 spiro atoms. The Morgan fingerprint density at radius 1 is 1.50 bits per heavy atom. The van der Waals surface area contributed by atoms with Gasteiger partial charge in [0.15, 0.2) is 17.5 Å². The minimum Gasteiger partial charge on any atom is -0.504 e. The lowest BCUT2D eigenvalue weighted by Gasteiger charge is -2.24. The van der Waals surface area contributed by atoms with Crippen molar-refractivity contribution >= 4 is 29.9 Å². The first-order chi connectivity index (χ1) is 11.1. The average molecular weight is 449 g/mol. The Morgan fingerprint density at radius 2 is 2.29 bits per heavy atom. The van der Waals surface area contributed by atoms with E-state index in [1.54, 1.807) is 12.1 Å². The molecule has 1 heterocycles. The summed E-state index contributed by atoms with van der Waals surface area (Å²) in [5.41, 5.74) is 0.941. The zero-order valence-corrected chi connectivity index (χ0v) is 16.9. The number of aromatic hydroxyl groups is 1. The number of aliphatic imine (C=N–C) groups is 1. The predicted molar refractivity (Wildman–Crippen MR) is 106 cm³/mol. The largest absolute Gasteiger partial charge is 0.504 e. The maximum absolute atomic E-state index is 9.85. The normalized spacial score (nSPS) is 17.3. The number of phenols is 1. The van der Waals surface area contributed by atoms with Crippen LogP contribution >= 0.6 is 24.0 Å². The van der Waals surface area contributed by atoms with E-state index >= 15 is 0 Å². The van der Waals surface area contributed by atoms with Gasteiger partial charge in [-0.2, -0.15) is 0 Å². The highest BCUT2D eigenvalue weighted by Crippen LogP contribution is 2.26. The maximum atomic E-state index is 9.85. The molecular weight excluding hydrogens is 421 g/mol. The van der Waals surface area contributed by atoms with E-state index in [4.69, 9.17) is 9.47 Å². The van der Waals surface area contributed by atoms with Crippen LogP contribution in [0, 0.1) is 5.92 Å². The van der Waals surface area contributed by atoms with Gasteiger partial charge in [0.05, 0.1) is 20.3 Å². The average Bonchev–Trinajstić information content (AvgIpc) is 3.04. The molecule has 0 amide bonds. The highest BCUT2D eigenvalue weighted by Gasteiger charge is 2.19. The van der Waals surface area contributed by atoms with Crippen LogP contribution < -0.4 is 10.1 Å². The summed E-state index contributed by atoms with van der Waals surface area (Å²) in [5, 5.41) is 13.2. The van der Waals surface area contributed by atoms with Gasteiger partial charge in [0, 0.05) is 32.7 Å². The van der Waals surface area contributed by atoms with Gasteiger partial charge in [-0.3, -0.25) is 0 Å². The van der Waals surface area contributed by atoms with Crippen LogP contribution in [0.3, 0.4) is 0 Å². The third-order valence-electron chi connectivity index (χ3n) is 3.91. The van der Waals surface area contributed by atoms with Gasteiger partial charge >= 0.3 is 0 Å². The third-order valence-corrected chi connectivity index (χ3v) is 3.91. The number of halogens is 1. The molecule has 2 N–H and O–H groups in total. The van der Waals surface area contributed by atoms with Crippen molar-refractivity contribution in [2.45, 2.75) is 19.9 Å². The van der Waals surface area contributed by atoms with E-state index in [0.29, 0.717) is 18.2 Å². The van der Waals surface area contributed by atoms with Crippen LogP contribution in [-0.2, 0) is 11.3 Å². The summed E-state index contributed by atoms with van der Waals surface area (Å²) < 4.78 is 10.5. The summed E-state index contributed by atoms with van der Waals surface area (Å²) in [7, 11) is 3.59. The monoisotopic (exact) mass is 449 g/mol. The molecule has 1 saturated heterocycles. The summed E-state index contributed by atoms with van der Waals surface area (Å²) in [6, 6.07) is 5.36. The number of rotatable bonds is 6. The van der Waals surface area contributed by atoms with Gasteiger partial charge in [0.1, 0.15) is 0 Å². The number of hydrogen-bond acceptors (Lipinski definition) is 4. The number of phenolic OH excluding ortho intramolecular Hbond substituents is 1. The summed E-state index contributed by atoms with van der Waals surface area (Å²) in [5.74, 6) is 2.05. The highest BCUT2D eigenvalue weighted by molar-refractivity contribution is 14.0. The molecular formula is C17H28IN3O3. The molecule has 1 aromatic rings. The summed E-state index contributed by atoms with van der Waals surface area (Å²) >= 11 is 0. The van der Waals surface area contributed by atoms with E-state index in [2.05, 4.69) is 22.1 Å². The minimum absolute atomic E-state index is 0. The predicted octanol–water partition coefficient (Wildman–Crippen LogP) is 2.45. The lowest BCUT2D eigenvalue weighted by atomic mass is 10.1. The van der Waals surface area contributed by atoms with Crippen molar-refractivity contribution < 1.29 is 14.6 Å². The fourth-order valence-electron chi connectivity index (χ4n) is 2.67. The van der Waals surface area contributed by atoms with E-state index in [0.717, 1.165) is 44.2 Å². The van der Waals surface area contributed by atoms with Gasteiger partial charge in [-0.1, -0.05) is 6.07 Å². The summed E-state index contributed by atoms with van der Waals surface area (Å²) in [6.45, 7) is 6.00. The van der Waals surface area contributed by atoms with E-state index in [1.807, 2.05) is 13.1 Å². The van der Waals surface area contributed by atoms with E-state index in [9.17, 15) is 5.11 Å². The molecule has 1 aliphatic heterocycles. The van der Waals surface area contributed by atoms with Crippen LogP contribution in [0.25, 0.3) is 0 Å². The van der Waals surface area contributed by atoms with Gasteiger partial charge in [-0.15, -0.1) is 24.0 Å². The van der Waals surface area contributed by atoms with Crippen molar-refractivity contribution in [2.24, 2.45) is 10.9 Å². The van der Waals surface area contributed by atoms with Gasteiger partial charge in [0.25, 0.3) is 0 Å². The fraction of sp³-hybridized carbons (Fsp3) is 0.588. The van der Waals surface area contributed by atoms with Crippen molar-refractivity contribution in [1.29, 1.82) is 0 Å².